The third kappa shape index (κ3) is 13.3. The number of amides is 1. The Balaban J connectivity index is 1.03. The maximum atomic E-state index is 12.9. The van der Waals surface area contributed by atoms with Crippen LogP contribution in [0.1, 0.15) is 118 Å². The molecule has 4 aliphatic carbocycles. The minimum atomic E-state index is -1.70. The van der Waals surface area contributed by atoms with E-state index in [9.17, 15) is 9.36 Å². The number of carbonyl (C=O) groups excluding carboxylic acids is 1. The fourth-order valence-corrected chi connectivity index (χ4v) is 11.6. The average molecular weight is 767 g/mol. The number of hydrogen-bond donors (Lipinski definition) is 1. The van der Waals surface area contributed by atoms with Crippen LogP contribution in [0.4, 0.5) is 0 Å². The fraction of sp³-hybridized carbons (Fsp3) is 0.930. The Hall–Kier alpha value is -0.930. The maximum absolute atomic E-state index is 12.9. The third-order valence-electron chi connectivity index (χ3n) is 13.7. The van der Waals surface area contributed by atoms with Crippen molar-refractivity contribution in [3.63, 3.8) is 0 Å². The van der Waals surface area contributed by atoms with Gasteiger partial charge in [0.2, 0.25) is 5.91 Å². The van der Waals surface area contributed by atoms with Crippen molar-refractivity contribution in [1.29, 1.82) is 0 Å². The van der Waals surface area contributed by atoms with Crippen molar-refractivity contribution in [2.75, 3.05) is 79.8 Å². The Bertz CT molecular complexity index is 1140. The van der Waals surface area contributed by atoms with Gasteiger partial charge in [0.05, 0.1) is 52.9 Å². The third-order valence-corrected chi connectivity index (χ3v) is 14.3. The number of allylic oxidation sites excluding steroid dienone is 2. The summed E-state index contributed by atoms with van der Waals surface area (Å²) in [5.74, 6) is 5.84. The summed E-state index contributed by atoms with van der Waals surface area (Å²) in [5, 5.41) is 3.15. The van der Waals surface area contributed by atoms with Crippen molar-refractivity contribution in [2.24, 2.45) is 52.3 Å². The van der Waals surface area contributed by atoms with Gasteiger partial charge >= 0.3 is 8.03 Å². The number of hydrogen-bond acceptors (Lipinski definition) is 8. The van der Waals surface area contributed by atoms with Gasteiger partial charge in [-0.25, -0.2) is 0 Å². The number of ether oxygens (including phenoxy) is 5. The molecule has 0 bridgehead atoms. The summed E-state index contributed by atoms with van der Waals surface area (Å²) in [4.78, 5) is 12.9. The molecule has 0 saturated heterocycles. The molecule has 306 valence electrons. The molecule has 9 unspecified atom stereocenters. The van der Waals surface area contributed by atoms with Gasteiger partial charge in [-0.1, -0.05) is 65.5 Å². The van der Waals surface area contributed by atoms with Gasteiger partial charge in [0.1, 0.15) is 0 Å². The first-order valence-corrected chi connectivity index (χ1v) is 22.9. The number of rotatable bonds is 26. The molecule has 0 spiro atoms. The lowest BCUT2D eigenvalue weighted by Gasteiger charge is -2.58. The highest BCUT2D eigenvalue weighted by Gasteiger charge is 2.59. The second-order valence-electron chi connectivity index (χ2n) is 17.8. The Morgan fingerprint density at radius 2 is 1.57 bits per heavy atom. The van der Waals surface area contributed by atoms with Gasteiger partial charge < -0.3 is 29.0 Å². The molecule has 10 heteroatoms. The number of methoxy groups -OCH3 is 1. The van der Waals surface area contributed by atoms with Crippen molar-refractivity contribution in [3.8, 4) is 0 Å². The molecule has 3 saturated carbocycles. The zero-order chi connectivity index (χ0) is 38.3. The molecule has 0 radical (unpaired) electrons. The normalized spacial score (nSPS) is 31.0. The quantitative estimate of drug-likeness (QED) is 0.0529. The van der Waals surface area contributed by atoms with Crippen molar-refractivity contribution in [2.45, 2.75) is 124 Å². The van der Waals surface area contributed by atoms with Crippen LogP contribution in [-0.2, 0) is 37.6 Å². The number of carbonyl (C=O) groups is 1. The summed E-state index contributed by atoms with van der Waals surface area (Å²) < 4.78 is 43.9. The minimum Gasteiger partial charge on any atom is -0.382 e. The van der Waals surface area contributed by atoms with Crippen LogP contribution in [0.2, 0.25) is 0 Å². The Labute approximate surface area is 324 Å². The second-order valence-corrected chi connectivity index (χ2v) is 18.9. The zero-order valence-electron chi connectivity index (χ0n) is 34.7. The lowest BCUT2D eigenvalue weighted by atomic mass is 9.46. The zero-order valence-corrected chi connectivity index (χ0v) is 35.6. The van der Waals surface area contributed by atoms with Crippen LogP contribution in [0.25, 0.3) is 0 Å². The molecule has 0 aliphatic heterocycles. The SMILES string of the molecule is COCC(COCCOCCOCCOCCCNC(=O)CC1CCC2(C)C(=CCC3C2CCC2(C)C3CCC2[C@H](C)CCCC(C)C)C1)O[P+](C)=O. The van der Waals surface area contributed by atoms with E-state index in [2.05, 4.69) is 46.0 Å². The first-order valence-electron chi connectivity index (χ1n) is 21.3. The second kappa shape index (κ2) is 22.7. The van der Waals surface area contributed by atoms with Crippen LogP contribution >= 0.6 is 8.03 Å². The predicted molar refractivity (Wildman–Crippen MR) is 212 cm³/mol. The summed E-state index contributed by atoms with van der Waals surface area (Å²) in [5.41, 5.74) is 2.56. The van der Waals surface area contributed by atoms with E-state index < -0.39 is 8.03 Å². The van der Waals surface area contributed by atoms with Crippen molar-refractivity contribution >= 4 is 13.9 Å². The molecule has 1 amide bonds. The summed E-state index contributed by atoms with van der Waals surface area (Å²) in [6.45, 7) is 18.9. The van der Waals surface area contributed by atoms with Crippen LogP contribution in [0.15, 0.2) is 11.6 Å². The van der Waals surface area contributed by atoms with Crippen molar-refractivity contribution in [3.05, 3.63) is 11.6 Å². The van der Waals surface area contributed by atoms with Gasteiger partial charge in [-0.2, -0.15) is 0 Å². The molecule has 0 aromatic rings. The smallest absolute Gasteiger partial charge is 0.382 e. The molecule has 4 aliphatic rings. The van der Waals surface area contributed by atoms with Crippen LogP contribution in [0.3, 0.4) is 0 Å². The standard InChI is InChI=1S/C43H76NO8P/c1-32(2)10-8-11-33(3)38-14-15-39-37-13-12-35-28-34(16-18-42(35,4)40(37)17-19-43(38,39)5)29-41(45)44-20-9-21-48-22-23-49-24-25-50-26-27-51-31-36(30-47-6)52-53(7)46/h12,32-34,36-40H,8-11,13-31H2,1-7H3/p+1/t33-,34?,36?,37?,38?,39?,40?,42?,43?/m1/s1. The molecule has 0 aromatic carbocycles. The summed E-state index contributed by atoms with van der Waals surface area (Å²) >= 11 is 0. The molecule has 53 heavy (non-hydrogen) atoms. The van der Waals surface area contributed by atoms with Crippen LogP contribution in [0.5, 0.6) is 0 Å². The topological polar surface area (TPSA) is 102 Å². The Morgan fingerprint density at radius 1 is 0.868 bits per heavy atom. The largest absolute Gasteiger partial charge is 0.505 e. The van der Waals surface area contributed by atoms with E-state index in [1.54, 1.807) is 12.7 Å². The molecular weight excluding hydrogens is 689 g/mol. The molecule has 0 aromatic heterocycles. The van der Waals surface area contributed by atoms with E-state index in [4.69, 9.17) is 28.2 Å². The first-order chi connectivity index (χ1) is 25.5. The molecule has 3 fully saturated rings. The molecule has 4 rings (SSSR count). The van der Waals surface area contributed by atoms with Gasteiger partial charge in [0.25, 0.3) is 0 Å². The maximum Gasteiger partial charge on any atom is 0.505 e. The van der Waals surface area contributed by atoms with Crippen LogP contribution in [0, 0.1) is 52.3 Å². The van der Waals surface area contributed by atoms with Gasteiger partial charge in [-0.3, -0.25) is 4.79 Å². The number of fused-ring (bicyclic) bond motifs is 5. The lowest BCUT2D eigenvalue weighted by Crippen LogP contribution is -2.50. The van der Waals surface area contributed by atoms with Crippen LogP contribution in [-0.4, -0.2) is 91.8 Å². The summed E-state index contributed by atoms with van der Waals surface area (Å²) in [6.07, 6.45) is 18.5. The fourth-order valence-electron chi connectivity index (χ4n) is 11.1. The highest BCUT2D eigenvalue weighted by molar-refractivity contribution is 7.38. The van der Waals surface area contributed by atoms with Crippen molar-refractivity contribution in [1.82, 2.24) is 5.32 Å². The lowest BCUT2D eigenvalue weighted by molar-refractivity contribution is -0.122. The van der Waals surface area contributed by atoms with Gasteiger partial charge in [0.15, 0.2) is 12.8 Å². The van der Waals surface area contributed by atoms with E-state index >= 15 is 0 Å². The van der Waals surface area contributed by atoms with E-state index in [0.717, 1.165) is 48.3 Å². The van der Waals surface area contributed by atoms with Crippen molar-refractivity contribution < 1.29 is 37.6 Å². The first kappa shape index (κ1) is 44.8. The Morgan fingerprint density at radius 3 is 2.25 bits per heavy atom. The number of nitrogens with one attached hydrogen (secondary N) is 1. The highest BCUT2D eigenvalue weighted by atomic mass is 31.1. The van der Waals surface area contributed by atoms with Gasteiger partial charge in [0, 0.05) is 26.7 Å². The van der Waals surface area contributed by atoms with Crippen LogP contribution < -0.4 is 5.32 Å². The summed E-state index contributed by atoms with van der Waals surface area (Å²) in [6, 6.07) is 0. The highest BCUT2D eigenvalue weighted by Crippen LogP contribution is 2.67. The average Bonchev–Trinajstić information content (AvgIpc) is 3.47. The van der Waals surface area contributed by atoms with Gasteiger partial charge in [-0.05, 0) is 115 Å². The molecule has 10 atom stereocenters. The predicted octanol–water partition coefficient (Wildman–Crippen LogP) is 9.01. The van der Waals surface area contributed by atoms with E-state index in [1.807, 2.05) is 0 Å². The Kier molecular flexibility index (Phi) is 19.2. The minimum absolute atomic E-state index is 0.190. The van der Waals surface area contributed by atoms with E-state index in [1.165, 1.54) is 70.9 Å². The monoisotopic (exact) mass is 767 g/mol. The molecule has 1 N–H and O–H groups in total. The molecule has 0 heterocycles. The molecule has 9 nitrogen and oxygen atoms in total. The van der Waals surface area contributed by atoms with E-state index in [0.29, 0.717) is 89.2 Å². The van der Waals surface area contributed by atoms with Gasteiger partial charge in [-0.15, -0.1) is 4.52 Å². The summed E-state index contributed by atoms with van der Waals surface area (Å²) in [7, 11) is -0.126. The van der Waals surface area contributed by atoms with E-state index in [-0.39, 0.29) is 12.0 Å². The molecular formula is C43H77NO8P+.